The molecule has 1 saturated carbocycles. The minimum Gasteiger partial charge on any atom is -0.382 e. The maximum absolute atomic E-state index is 3.75. The second-order valence-corrected chi connectivity index (χ2v) is 6.81. The van der Waals surface area contributed by atoms with Crippen molar-refractivity contribution in [2.45, 2.75) is 52.5 Å². The van der Waals surface area contributed by atoms with Gasteiger partial charge < -0.3 is 5.32 Å². The Kier molecular flexibility index (Phi) is 3.82. The number of hydrogen-bond donors (Lipinski definition) is 1. The number of halogens is 1. The molecule has 1 fully saturated rings. The Bertz CT molecular complexity index is 398. The minimum absolute atomic E-state index is 0.414. The van der Waals surface area contributed by atoms with E-state index < -0.39 is 0 Å². The molecule has 94 valence electrons. The fraction of sp³-hybridized carbons (Fsp3) is 0.600. The van der Waals surface area contributed by atoms with Gasteiger partial charge in [0.15, 0.2) is 0 Å². The van der Waals surface area contributed by atoms with E-state index in [1.54, 1.807) is 0 Å². The lowest BCUT2D eigenvalue weighted by molar-refractivity contribution is 0.217. The van der Waals surface area contributed by atoms with Crippen molar-refractivity contribution in [1.29, 1.82) is 0 Å². The van der Waals surface area contributed by atoms with Crippen LogP contribution in [0, 0.1) is 12.3 Å². The minimum atomic E-state index is 0.414. The van der Waals surface area contributed by atoms with E-state index in [0.29, 0.717) is 11.5 Å². The summed E-state index contributed by atoms with van der Waals surface area (Å²) < 4.78 is 1.16. The lowest BCUT2D eigenvalue weighted by Gasteiger charge is -2.40. The van der Waals surface area contributed by atoms with Crippen molar-refractivity contribution in [3.05, 3.63) is 28.2 Å². The average molecular weight is 296 g/mol. The summed E-state index contributed by atoms with van der Waals surface area (Å²) in [5, 5.41) is 3.75. The quantitative estimate of drug-likeness (QED) is 0.797. The van der Waals surface area contributed by atoms with Gasteiger partial charge in [-0.3, -0.25) is 0 Å². The summed E-state index contributed by atoms with van der Waals surface area (Å²) in [5.41, 5.74) is 3.02. The molecule has 1 N–H and O–H groups in total. The van der Waals surface area contributed by atoms with Gasteiger partial charge >= 0.3 is 0 Å². The molecule has 1 unspecified atom stereocenters. The van der Waals surface area contributed by atoms with Crippen LogP contribution in [0.25, 0.3) is 0 Å². The fourth-order valence-electron chi connectivity index (χ4n) is 2.74. The van der Waals surface area contributed by atoms with Crippen molar-refractivity contribution in [2.24, 2.45) is 5.41 Å². The molecular formula is C15H22BrN. The molecule has 2 rings (SSSR count). The van der Waals surface area contributed by atoms with Crippen LogP contribution in [-0.4, -0.2) is 6.04 Å². The number of nitrogens with one attached hydrogen (secondary N) is 1. The van der Waals surface area contributed by atoms with Gasteiger partial charge in [0.1, 0.15) is 0 Å². The molecule has 1 aromatic rings. The van der Waals surface area contributed by atoms with Crippen LogP contribution in [0.1, 0.15) is 45.1 Å². The number of hydrogen-bond acceptors (Lipinski definition) is 1. The van der Waals surface area contributed by atoms with Crippen LogP contribution in [0.4, 0.5) is 5.69 Å². The van der Waals surface area contributed by atoms with E-state index in [1.165, 1.54) is 36.9 Å². The van der Waals surface area contributed by atoms with Gasteiger partial charge in [-0.15, -0.1) is 0 Å². The standard InChI is InChI=1S/C15H22BrN/c1-11-10-12(16)7-8-13(11)17-14-6-4-5-9-15(14,2)3/h7-8,10,14,17H,4-6,9H2,1-3H3. The SMILES string of the molecule is Cc1cc(Br)ccc1NC1CCCCC1(C)C. The highest BCUT2D eigenvalue weighted by atomic mass is 79.9. The Balaban J connectivity index is 2.14. The average Bonchev–Trinajstić information content (AvgIpc) is 2.24. The molecule has 1 aromatic carbocycles. The number of rotatable bonds is 2. The van der Waals surface area contributed by atoms with Crippen LogP contribution >= 0.6 is 15.9 Å². The van der Waals surface area contributed by atoms with Gasteiger partial charge in [0, 0.05) is 16.2 Å². The summed E-state index contributed by atoms with van der Waals surface area (Å²) in [6.07, 6.45) is 5.36. The van der Waals surface area contributed by atoms with Crippen LogP contribution in [0.15, 0.2) is 22.7 Å². The molecule has 0 heterocycles. The monoisotopic (exact) mass is 295 g/mol. The number of anilines is 1. The summed E-state index contributed by atoms with van der Waals surface area (Å²) in [7, 11) is 0. The fourth-order valence-corrected chi connectivity index (χ4v) is 3.21. The highest BCUT2D eigenvalue weighted by Crippen LogP contribution is 2.37. The summed E-state index contributed by atoms with van der Waals surface area (Å²) >= 11 is 3.52. The largest absolute Gasteiger partial charge is 0.382 e. The molecule has 0 saturated heterocycles. The van der Waals surface area contributed by atoms with Crippen molar-refractivity contribution in [3.8, 4) is 0 Å². The lowest BCUT2D eigenvalue weighted by Crippen LogP contribution is -2.39. The Morgan fingerprint density at radius 2 is 2.06 bits per heavy atom. The number of benzene rings is 1. The highest BCUT2D eigenvalue weighted by Gasteiger charge is 2.32. The maximum atomic E-state index is 3.75. The molecule has 17 heavy (non-hydrogen) atoms. The van der Waals surface area contributed by atoms with Crippen LogP contribution in [0.2, 0.25) is 0 Å². The van der Waals surface area contributed by atoms with Crippen molar-refractivity contribution in [2.75, 3.05) is 5.32 Å². The van der Waals surface area contributed by atoms with Crippen molar-refractivity contribution in [3.63, 3.8) is 0 Å². The first-order valence-electron chi connectivity index (χ1n) is 6.52. The van der Waals surface area contributed by atoms with Crippen LogP contribution in [0.3, 0.4) is 0 Å². The molecule has 1 nitrogen and oxygen atoms in total. The van der Waals surface area contributed by atoms with Crippen LogP contribution in [0.5, 0.6) is 0 Å². The molecule has 1 aliphatic rings. The first-order valence-corrected chi connectivity index (χ1v) is 7.31. The van der Waals surface area contributed by atoms with E-state index in [2.05, 4.69) is 60.2 Å². The summed E-state index contributed by atoms with van der Waals surface area (Å²) in [4.78, 5) is 0. The molecular weight excluding hydrogens is 274 g/mol. The third-order valence-electron chi connectivity index (χ3n) is 4.03. The molecule has 0 aromatic heterocycles. The predicted octanol–water partition coefficient (Wildman–Crippen LogP) is 5.14. The molecule has 0 amide bonds. The molecule has 1 aliphatic carbocycles. The third-order valence-corrected chi connectivity index (χ3v) is 4.52. The Morgan fingerprint density at radius 3 is 2.71 bits per heavy atom. The van der Waals surface area contributed by atoms with E-state index in [4.69, 9.17) is 0 Å². The number of aryl methyl sites for hydroxylation is 1. The van der Waals surface area contributed by atoms with E-state index >= 15 is 0 Å². The molecule has 0 aliphatic heterocycles. The van der Waals surface area contributed by atoms with Crippen molar-refractivity contribution >= 4 is 21.6 Å². The molecule has 0 radical (unpaired) electrons. The maximum Gasteiger partial charge on any atom is 0.0373 e. The van der Waals surface area contributed by atoms with Gasteiger partial charge in [0.05, 0.1) is 0 Å². The zero-order valence-electron chi connectivity index (χ0n) is 11.0. The van der Waals surface area contributed by atoms with Gasteiger partial charge in [0.25, 0.3) is 0 Å². The Hall–Kier alpha value is -0.500. The highest BCUT2D eigenvalue weighted by molar-refractivity contribution is 9.10. The third kappa shape index (κ3) is 3.04. The topological polar surface area (TPSA) is 12.0 Å². The van der Waals surface area contributed by atoms with Crippen LogP contribution in [-0.2, 0) is 0 Å². The summed E-state index contributed by atoms with van der Waals surface area (Å²) in [5.74, 6) is 0. The van der Waals surface area contributed by atoms with Crippen LogP contribution < -0.4 is 5.32 Å². The van der Waals surface area contributed by atoms with Gasteiger partial charge in [0.2, 0.25) is 0 Å². The predicted molar refractivity (Wildman–Crippen MR) is 78.5 cm³/mol. The Morgan fingerprint density at radius 1 is 1.29 bits per heavy atom. The van der Waals surface area contributed by atoms with Crippen molar-refractivity contribution < 1.29 is 0 Å². The first kappa shape index (κ1) is 12.9. The summed E-state index contributed by atoms with van der Waals surface area (Å²) in [6.45, 7) is 6.94. The Labute approximate surface area is 113 Å². The molecule has 2 heteroatoms. The van der Waals surface area contributed by atoms with E-state index in [0.717, 1.165) is 4.47 Å². The smallest absolute Gasteiger partial charge is 0.0373 e. The van der Waals surface area contributed by atoms with Gasteiger partial charge in [-0.1, -0.05) is 42.6 Å². The van der Waals surface area contributed by atoms with E-state index in [9.17, 15) is 0 Å². The first-order chi connectivity index (χ1) is 7.99. The van der Waals surface area contributed by atoms with E-state index in [-0.39, 0.29) is 0 Å². The zero-order chi connectivity index (χ0) is 12.5. The van der Waals surface area contributed by atoms with Gasteiger partial charge in [-0.2, -0.15) is 0 Å². The molecule has 0 bridgehead atoms. The lowest BCUT2D eigenvalue weighted by atomic mass is 9.73. The van der Waals surface area contributed by atoms with Crippen molar-refractivity contribution in [1.82, 2.24) is 0 Å². The summed E-state index contributed by atoms with van der Waals surface area (Å²) in [6, 6.07) is 7.09. The molecule has 1 atom stereocenters. The zero-order valence-corrected chi connectivity index (χ0v) is 12.6. The second kappa shape index (κ2) is 5.01. The van der Waals surface area contributed by atoms with Gasteiger partial charge in [-0.05, 0) is 48.9 Å². The second-order valence-electron chi connectivity index (χ2n) is 5.89. The molecule has 0 spiro atoms. The normalized spacial score (nSPS) is 23.4. The van der Waals surface area contributed by atoms with Gasteiger partial charge in [-0.25, -0.2) is 0 Å². The van der Waals surface area contributed by atoms with E-state index in [1.807, 2.05) is 0 Å².